The van der Waals surface area contributed by atoms with E-state index >= 15 is 0 Å². The summed E-state index contributed by atoms with van der Waals surface area (Å²) in [5, 5.41) is 7.37. The van der Waals surface area contributed by atoms with E-state index in [1.807, 2.05) is 0 Å². The minimum atomic E-state index is 1.11. The summed E-state index contributed by atoms with van der Waals surface area (Å²) < 4.78 is 2.43. The van der Waals surface area contributed by atoms with Gasteiger partial charge in [-0.15, -0.1) is 0 Å². The van der Waals surface area contributed by atoms with Crippen molar-refractivity contribution in [3.63, 3.8) is 0 Å². The molecule has 244 valence electrons. The summed E-state index contributed by atoms with van der Waals surface area (Å²) >= 11 is 0. The standard InChI is InChI=1S/C50H34N2/c1-2-14-35(15-3-1)37-26-29-39(30-27-37)51(40-31-28-36-16-4-5-17-38(36)34-40)50-33-32-42(41-18-6-7-19-43(41)50)44-20-8-11-23-47(44)52-48-24-12-9-21-45(48)46-22-10-13-25-49(46)52/h1-34H. The van der Waals surface area contributed by atoms with E-state index in [0.29, 0.717) is 0 Å². The van der Waals surface area contributed by atoms with Crippen LogP contribution in [0.1, 0.15) is 0 Å². The van der Waals surface area contributed by atoms with Crippen molar-refractivity contribution in [2.24, 2.45) is 0 Å². The first-order valence-electron chi connectivity index (χ1n) is 17.9. The van der Waals surface area contributed by atoms with E-state index in [-0.39, 0.29) is 0 Å². The second kappa shape index (κ2) is 12.5. The van der Waals surface area contributed by atoms with E-state index in [1.165, 1.54) is 71.3 Å². The van der Waals surface area contributed by atoms with E-state index in [1.54, 1.807) is 0 Å². The fourth-order valence-corrected chi connectivity index (χ4v) is 7.97. The van der Waals surface area contributed by atoms with Crippen LogP contribution < -0.4 is 4.90 Å². The monoisotopic (exact) mass is 662 g/mol. The largest absolute Gasteiger partial charge is 0.310 e. The number of rotatable bonds is 6. The minimum Gasteiger partial charge on any atom is -0.310 e. The van der Waals surface area contributed by atoms with Crippen molar-refractivity contribution < 1.29 is 0 Å². The zero-order valence-corrected chi connectivity index (χ0v) is 28.5. The van der Waals surface area contributed by atoms with Crippen LogP contribution >= 0.6 is 0 Å². The molecule has 0 N–H and O–H groups in total. The van der Waals surface area contributed by atoms with Crippen LogP contribution in [0, 0.1) is 0 Å². The molecule has 9 aromatic carbocycles. The number of aromatic nitrogens is 1. The number of nitrogens with zero attached hydrogens (tertiary/aromatic N) is 2. The maximum Gasteiger partial charge on any atom is 0.0541 e. The number of fused-ring (bicyclic) bond motifs is 5. The summed E-state index contributed by atoms with van der Waals surface area (Å²) in [5.74, 6) is 0. The Bertz CT molecular complexity index is 2850. The summed E-state index contributed by atoms with van der Waals surface area (Å²) in [6, 6.07) is 74.7. The van der Waals surface area contributed by atoms with E-state index in [0.717, 1.165) is 17.1 Å². The number of hydrogen-bond acceptors (Lipinski definition) is 1. The van der Waals surface area contributed by atoms with Crippen LogP contribution in [0.2, 0.25) is 0 Å². The fourth-order valence-electron chi connectivity index (χ4n) is 7.97. The van der Waals surface area contributed by atoms with Crippen LogP contribution in [0.5, 0.6) is 0 Å². The van der Waals surface area contributed by atoms with Gasteiger partial charge in [-0.05, 0) is 81.4 Å². The van der Waals surface area contributed by atoms with Crippen LogP contribution in [-0.4, -0.2) is 4.57 Å². The average Bonchev–Trinajstić information content (AvgIpc) is 3.56. The van der Waals surface area contributed by atoms with Crippen molar-refractivity contribution in [3.05, 3.63) is 206 Å². The molecule has 10 aromatic rings. The van der Waals surface area contributed by atoms with E-state index in [9.17, 15) is 0 Å². The summed E-state index contributed by atoms with van der Waals surface area (Å²) in [5.41, 5.74) is 11.8. The molecule has 0 atom stereocenters. The van der Waals surface area contributed by atoms with Crippen LogP contribution in [0.3, 0.4) is 0 Å². The van der Waals surface area contributed by atoms with Crippen molar-refractivity contribution in [1.82, 2.24) is 4.57 Å². The number of anilines is 3. The summed E-state index contributed by atoms with van der Waals surface area (Å²) in [4.78, 5) is 2.41. The van der Waals surface area contributed by atoms with Gasteiger partial charge in [0, 0.05) is 33.1 Å². The highest BCUT2D eigenvalue weighted by Gasteiger charge is 2.20. The minimum absolute atomic E-state index is 1.11. The van der Waals surface area contributed by atoms with Gasteiger partial charge in [0.25, 0.3) is 0 Å². The summed E-state index contributed by atoms with van der Waals surface area (Å²) in [7, 11) is 0. The molecular formula is C50H34N2. The molecule has 10 rings (SSSR count). The van der Waals surface area contributed by atoms with Crippen LogP contribution in [-0.2, 0) is 0 Å². The third-order valence-corrected chi connectivity index (χ3v) is 10.4. The third-order valence-electron chi connectivity index (χ3n) is 10.4. The highest BCUT2D eigenvalue weighted by Crippen LogP contribution is 2.44. The zero-order valence-electron chi connectivity index (χ0n) is 28.5. The van der Waals surface area contributed by atoms with Gasteiger partial charge >= 0.3 is 0 Å². The molecule has 2 heteroatoms. The molecular weight excluding hydrogens is 629 g/mol. The lowest BCUT2D eigenvalue weighted by Crippen LogP contribution is -2.10. The van der Waals surface area contributed by atoms with Crippen LogP contribution in [0.4, 0.5) is 17.1 Å². The maximum atomic E-state index is 2.43. The van der Waals surface area contributed by atoms with Crippen molar-refractivity contribution in [2.45, 2.75) is 0 Å². The molecule has 0 saturated heterocycles. The molecule has 1 heterocycles. The lowest BCUT2D eigenvalue weighted by atomic mass is 9.95. The smallest absolute Gasteiger partial charge is 0.0541 e. The Morgan fingerprint density at radius 1 is 0.327 bits per heavy atom. The fraction of sp³-hybridized carbons (Fsp3) is 0. The molecule has 0 aliphatic rings. The Hall–Kier alpha value is -6.90. The zero-order chi connectivity index (χ0) is 34.4. The van der Waals surface area contributed by atoms with E-state index in [2.05, 4.69) is 216 Å². The van der Waals surface area contributed by atoms with Crippen molar-refractivity contribution in [3.8, 4) is 27.9 Å². The maximum absolute atomic E-state index is 2.43. The van der Waals surface area contributed by atoms with Gasteiger partial charge in [0.1, 0.15) is 0 Å². The van der Waals surface area contributed by atoms with Gasteiger partial charge in [0.05, 0.1) is 22.4 Å². The number of hydrogen-bond donors (Lipinski definition) is 0. The van der Waals surface area contributed by atoms with Crippen molar-refractivity contribution in [2.75, 3.05) is 4.90 Å². The Balaban J connectivity index is 1.18. The lowest BCUT2D eigenvalue weighted by molar-refractivity contribution is 1.18. The number of para-hydroxylation sites is 3. The average molecular weight is 663 g/mol. The normalized spacial score (nSPS) is 11.5. The Morgan fingerprint density at radius 3 is 1.63 bits per heavy atom. The lowest BCUT2D eigenvalue weighted by Gasteiger charge is -2.28. The first kappa shape index (κ1) is 30.0. The SMILES string of the molecule is c1ccc(-c2ccc(N(c3ccc4ccccc4c3)c3ccc(-c4ccccc4-n4c5ccccc5c5ccccc54)c4ccccc34)cc2)cc1. The summed E-state index contributed by atoms with van der Waals surface area (Å²) in [6.07, 6.45) is 0. The van der Waals surface area contributed by atoms with Gasteiger partial charge in [-0.2, -0.15) is 0 Å². The Morgan fingerprint density at radius 2 is 0.885 bits per heavy atom. The first-order chi connectivity index (χ1) is 25.8. The molecule has 2 nitrogen and oxygen atoms in total. The molecule has 0 aliphatic heterocycles. The quantitative estimate of drug-likeness (QED) is 0.172. The number of benzene rings is 9. The topological polar surface area (TPSA) is 8.17 Å². The van der Waals surface area contributed by atoms with Crippen LogP contribution in [0.15, 0.2) is 206 Å². The highest BCUT2D eigenvalue weighted by atomic mass is 15.1. The van der Waals surface area contributed by atoms with Gasteiger partial charge in [-0.3, -0.25) is 0 Å². The predicted octanol–water partition coefficient (Wildman–Crippen LogP) is 13.9. The molecule has 0 amide bonds. The second-order valence-corrected chi connectivity index (χ2v) is 13.3. The van der Waals surface area contributed by atoms with Gasteiger partial charge in [-0.25, -0.2) is 0 Å². The molecule has 1 aromatic heterocycles. The van der Waals surface area contributed by atoms with Gasteiger partial charge in [0.15, 0.2) is 0 Å². The molecule has 0 saturated carbocycles. The molecule has 0 radical (unpaired) electrons. The molecule has 0 fully saturated rings. The van der Waals surface area contributed by atoms with Gasteiger partial charge in [-0.1, -0.05) is 158 Å². The second-order valence-electron chi connectivity index (χ2n) is 13.3. The predicted molar refractivity (Wildman–Crippen MR) is 221 cm³/mol. The van der Waals surface area contributed by atoms with Crippen molar-refractivity contribution in [1.29, 1.82) is 0 Å². The van der Waals surface area contributed by atoms with Crippen molar-refractivity contribution >= 4 is 60.4 Å². The molecule has 0 aliphatic carbocycles. The molecule has 0 unspecified atom stereocenters. The Labute approximate surface area is 303 Å². The third kappa shape index (κ3) is 4.96. The highest BCUT2D eigenvalue weighted by molar-refractivity contribution is 6.11. The van der Waals surface area contributed by atoms with Crippen LogP contribution in [0.25, 0.3) is 71.3 Å². The molecule has 52 heavy (non-hydrogen) atoms. The Kier molecular flexibility index (Phi) is 7.18. The van der Waals surface area contributed by atoms with E-state index < -0.39 is 0 Å². The summed E-state index contributed by atoms with van der Waals surface area (Å²) in [6.45, 7) is 0. The molecule has 0 spiro atoms. The van der Waals surface area contributed by atoms with Gasteiger partial charge in [0.2, 0.25) is 0 Å². The first-order valence-corrected chi connectivity index (χ1v) is 17.9. The van der Waals surface area contributed by atoms with Gasteiger partial charge < -0.3 is 9.47 Å². The van der Waals surface area contributed by atoms with E-state index in [4.69, 9.17) is 0 Å². The molecule has 0 bridgehead atoms.